The molecule has 13 nitrogen and oxygen atoms in total. The van der Waals surface area contributed by atoms with Gasteiger partial charge in [0.05, 0.1) is 11.9 Å². The number of hydrogen-bond donors (Lipinski definition) is 4. The van der Waals surface area contributed by atoms with Gasteiger partial charge in [-0.2, -0.15) is 0 Å². The van der Waals surface area contributed by atoms with Crippen molar-refractivity contribution in [1.29, 1.82) is 0 Å². The zero-order valence-electron chi connectivity index (χ0n) is 33.2. The minimum atomic E-state index is -1.39. The van der Waals surface area contributed by atoms with Gasteiger partial charge in [-0.05, 0) is 80.1 Å². The van der Waals surface area contributed by atoms with Crippen molar-refractivity contribution in [3.63, 3.8) is 0 Å². The smallest absolute Gasteiger partial charge is 0.545 e. The summed E-state index contributed by atoms with van der Waals surface area (Å²) in [5.41, 5.74) is 3.17. The van der Waals surface area contributed by atoms with Crippen molar-refractivity contribution in [1.82, 2.24) is 10.6 Å². The molecule has 0 aromatic heterocycles. The molecule has 57 heavy (non-hydrogen) atoms. The van der Waals surface area contributed by atoms with Gasteiger partial charge in [-0.15, -0.1) is 0 Å². The van der Waals surface area contributed by atoms with E-state index in [1.54, 1.807) is 74.8 Å². The quantitative estimate of drug-likeness (QED) is 0.136. The Bertz CT molecular complexity index is 2080. The largest absolute Gasteiger partial charge is 1.00 e. The molecule has 0 aliphatic rings. The Morgan fingerprint density at radius 3 is 1.21 bits per heavy atom. The molecule has 0 saturated carbocycles. The molecular weight excluding hydrogens is 718 g/mol. The van der Waals surface area contributed by atoms with Crippen LogP contribution in [0.15, 0.2) is 121 Å². The summed E-state index contributed by atoms with van der Waals surface area (Å²) in [5, 5.41) is 32.2. The van der Waals surface area contributed by atoms with E-state index in [-0.39, 0.29) is 71.8 Å². The summed E-state index contributed by atoms with van der Waals surface area (Å²) in [6.07, 6.45) is 0. The third-order valence-corrected chi connectivity index (χ3v) is 7.13. The van der Waals surface area contributed by atoms with Crippen molar-refractivity contribution in [2.45, 2.75) is 27.7 Å². The van der Waals surface area contributed by atoms with Crippen LogP contribution in [0, 0.1) is 13.8 Å². The van der Waals surface area contributed by atoms with Crippen molar-refractivity contribution in [2.24, 2.45) is 0 Å². The number of ether oxygens (including phenoxy) is 1. The molecule has 0 saturated heterocycles. The van der Waals surface area contributed by atoms with Crippen molar-refractivity contribution in [2.75, 3.05) is 24.7 Å². The standard InChI is InChI=1S/C21H17NO4.C15H13NO3.2C3H7NO.2Li/c1-14-6-10-16(11-7-14)26-17-12-8-15(9-13-17)22-20(23)18-4-2-3-5-19(18)21(24)25;1-10-5-4-6-11(9-10)16-14(17)12-7-2-3-8-13(12)15(18)19;2*1-3(5)4-2;;/h2-13H,1H3,(H,22,23)(H,24,25);2-9H,1H3,(H,16,17)(H,18,19);2*1-2H3,(H,4,5);;/q;;;;2*+1/p-2. The average molecular weight is 761 g/mol. The predicted octanol–water partition coefficient (Wildman–Crippen LogP) is -1.47. The van der Waals surface area contributed by atoms with Crippen LogP contribution >= 0.6 is 0 Å². The minimum Gasteiger partial charge on any atom is -0.545 e. The van der Waals surface area contributed by atoms with Gasteiger partial charge in [-0.25, -0.2) is 0 Å². The second-order valence-corrected chi connectivity index (χ2v) is 11.5. The first-order chi connectivity index (χ1) is 26.1. The number of anilines is 2. The number of aromatic carboxylic acids is 2. The number of carboxylic acid groups (broad SMARTS) is 2. The Hall–Kier alpha value is -6.09. The zero-order valence-corrected chi connectivity index (χ0v) is 33.2. The van der Waals surface area contributed by atoms with Crippen molar-refractivity contribution in [3.8, 4) is 11.5 Å². The van der Waals surface area contributed by atoms with Gasteiger partial charge in [0.15, 0.2) is 0 Å². The molecule has 0 atom stereocenters. The molecule has 0 radical (unpaired) electrons. The van der Waals surface area contributed by atoms with Crippen LogP contribution in [-0.2, 0) is 9.59 Å². The van der Waals surface area contributed by atoms with E-state index < -0.39 is 23.8 Å². The van der Waals surface area contributed by atoms with E-state index in [2.05, 4.69) is 21.3 Å². The number of aryl methyl sites for hydroxylation is 2. The molecule has 0 bridgehead atoms. The second kappa shape index (κ2) is 26.7. The van der Waals surface area contributed by atoms with Crippen LogP contribution in [0.3, 0.4) is 0 Å². The first-order valence-electron chi connectivity index (χ1n) is 16.7. The fraction of sp³-hybridized carbons (Fsp3) is 0.143. The summed E-state index contributed by atoms with van der Waals surface area (Å²) >= 11 is 0. The predicted molar refractivity (Wildman–Crippen MR) is 206 cm³/mol. The molecule has 286 valence electrons. The van der Waals surface area contributed by atoms with Gasteiger partial charge >= 0.3 is 37.7 Å². The second-order valence-electron chi connectivity index (χ2n) is 11.5. The molecular formula is C42H42Li2N4O9. The van der Waals surface area contributed by atoms with E-state index in [9.17, 15) is 39.0 Å². The fourth-order valence-corrected chi connectivity index (χ4v) is 4.19. The van der Waals surface area contributed by atoms with E-state index in [1.807, 2.05) is 50.2 Å². The fourth-order valence-electron chi connectivity index (χ4n) is 4.19. The van der Waals surface area contributed by atoms with Crippen molar-refractivity contribution >= 4 is 46.9 Å². The number of carbonyl (C=O) groups excluding carboxylic acids is 6. The zero-order chi connectivity index (χ0) is 40.9. The van der Waals surface area contributed by atoms with Crippen LogP contribution in [0.5, 0.6) is 11.5 Å². The molecule has 4 amide bonds. The molecule has 0 spiro atoms. The molecule has 4 N–H and O–H groups in total. The number of rotatable bonds is 8. The first kappa shape index (κ1) is 50.9. The Morgan fingerprint density at radius 2 is 0.842 bits per heavy atom. The SMILES string of the molecule is CNC(C)=O.CNC(C)=O.Cc1ccc(Oc2ccc(NC(=O)c3ccccc3C(=O)[O-])cc2)cc1.Cc1cccc(NC(=O)c2ccccc2C(=O)[O-])c1.[Li+].[Li+]. The van der Waals surface area contributed by atoms with Crippen LogP contribution in [-0.4, -0.2) is 49.7 Å². The molecule has 0 unspecified atom stereocenters. The average Bonchev–Trinajstić information content (AvgIpc) is 3.17. The molecule has 5 aromatic rings. The van der Waals surface area contributed by atoms with E-state index in [4.69, 9.17) is 4.74 Å². The molecule has 0 aliphatic carbocycles. The molecule has 15 heteroatoms. The summed E-state index contributed by atoms with van der Waals surface area (Å²) in [5.74, 6) is -2.39. The van der Waals surface area contributed by atoms with E-state index in [1.165, 1.54) is 38.1 Å². The summed E-state index contributed by atoms with van der Waals surface area (Å²) in [6, 6.07) is 33.6. The van der Waals surface area contributed by atoms with E-state index >= 15 is 0 Å². The Labute approximate surface area is 356 Å². The van der Waals surface area contributed by atoms with Crippen molar-refractivity contribution in [3.05, 3.63) is 155 Å². The number of benzene rings is 5. The van der Waals surface area contributed by atoms with Gasteiger partial charge in [0.25, 0.3) is 11.8 Å². The van der Waals surface area contributed by atoms with E-state index in [0.29, 0.717) is 17.1 Å². The van der Waals surface area contributed by atoms with E-state index in [0.717, 1.165) is 16.9 Å². The Balaban J connectivity index is 0.000000887. The third kappa shape index (κ3) is 18.9. The van der Waals surface area contributed by atoms with Crippen LogP contribution < -0.4 is 73.9 Å². The number of carboxylic acids is 2. The minimum absolute atomic E-state index is 0. The van der Waals surface area contributed by atoms with Crippen LogP contribution in [0.2, 0.25) is 0 Å². The monoisotopic (exact) mass is 760 g/mol. The van der Waals surface area contributed by atoms with Gasteiger partial charge in [0, 0.05) is 61.6 Å². The Kier molecular flexibility index (Phi) is 23.8. The number of nitrogens with one attached hydrogen (secondary N) is 4. The number of amides is 4. The maximum Gasteiger partial charge on any atom is 1.00 e. The maximum absolute atomic E-state index is 12.3. The summed E-state index contributed by atoms with van der Waals surface area (Å²) in [6.45, 7) is 6.85. The van der Waals surface area contributed by atoms with Gasteiger partial charge in [-0.1, -0.05) is 66.2 Å². The third-order valence-electron chi connectivity index (χ3n) is 7.13. The molecule has 5 rings (SSSR count). The van der Waals surface area contributed by atoms with Crippen LogP contribution in [0.1, 0.15) is 66.4 Å². The van der Waals surface area contributed by atoms with Crippen LogP contribution in [0.4, 0.5) is 11.4 Å². The first-order valence-corrected chi connectivity index (χ1v) is 16.7. The Morgan fingerprint density at radius 1 is 0.474 bits per heavy atom. The number of hydrogen-bond acceptors (Lipinski definition) is 9. The molecule has 5 aromatic carbocycles. The van der Waals surface area contributed by atoms with Gasteiger partial charge in [0.1, 0.15) is 11.5 Å². The maximum atomic E-state index is 12.3. The van der Waals surface area contributed by atoms with Gasteiger partial charge < -0.3 is 45.8 Å². The van der Waals surface area contributed by atoms with Crippen molar-refractivity contribution < 1.29 is 81.4 Å². The number of carbonyl (C=O) groups is 6. The van der Waals surface area contributed by atoms with Gasteiger partial charge in [-0.3, -0.25) is 19.2 Å². The topological polar surface area (TPSA) is 206 Å². The molecule has 0 aliphatic heterocycles. The van der Waals surface area contributed by atoms with Crippen LogP contribution in [0.25, 0.3) is 0 Å². The van der Waals surface area contributed by atoms with Gasteiger partial charge in [0.2, 0.25) is 11.8 Å². The molecule has 0 fully saturated rings. The summed E-state index contributed by atoms with van der Waals surface area (Å²) < 4.78 is 5.73. The summed E-state index contributed by atoms with van der Waals surface area (Å²) in [7, 11) is 3.20. The molecule has 0 heterocycles. The summed E-state index contributed by atoms with van der Waals surface area (Å²) in [4.78, 5) is 65.8. The normalized spacial score (nSPS) is 9.16.